The fourth-order valence-electron chi connectivity index (χ4n) is 4.44. The predicted octanol–water partition coefficient (Wildman–Crippen LogP) is 1.89. The van der Waals surface area contributed by atoms with E-state index >= 15 is 0 Å². The predicted molar refractivity (Wildman–Crippen MR) is 99.8 cm³/mol. The van der Waals surface area contributed by atoms with Crippen molar-refractivity contribution in [1.29, 1.82) is 0 Å². The minimum absolute atomic E-state index is 0.187. The molecule has 140 valence electrons. The molecule has 0 aliphatic carbocycles. The molecule has 1 spiro atoms. The van der Waals surface area contributed by atoms with Crippen LogP contribution in [0.5, 0.6) is 0 Å². The lowest BCUT2D eigenvalue weighted by atomic mass is 9.81. The Hall–Kier alpha value is -2.73. The number of halogens is 1. The SMILES string of the molecule is C[C@H]1C[C@]2(CC[NH+]1Cc1ccccc1)C(=O)NC(=O)N2c1cccc(F)c1. The van der Waals surface area contributed by atoms with Gasteiger partial charge in [-0.3, -0.25) is 15.0 Å². The number of hydrogen-bond donors (Lipinski definition) is 2. The van der Waals surface area contributed by atoms with Gasteiger partial charge in [0, 0.05) is 24.1 Å². The van der Waals surface area contributed by atoms with Crippen LogP contribution in [0.4, 0.5) is 14.9 Å². The van der Waals surface area contributed by atoms with Crippen LogP contribution in [0.1, 0.15) is 25.3 Å². The summed E-state index contributed by atoms with van der Waals surface area (Å²) >= 11 is 0. The Kier molecular flexibility index (Phi) is 4.44. The Morgan fingerprint density at radius 3 is 2.67 bits per heavy atom. The van der Waals surface area contributed by atoms with Crippen molar-refractivity contribution in [2.24, 2.45) is 0 Å². The third kappa shape index (κ3) is 3.10. The van der Waals surface area contributed by atoms with Crippen molar-refractivity contribution in [3.8, 4) is 0 Å². The van der Waals surface area contributed by atoms with Crippen molar-refractivity contribution in [2.75, 3.05) is 11.4 Å². The molecule has 1 unspecified atom stereocenters. The summed E-state index contributed by atoms with van der Waals surface area (Å²) in [4.78, 5) is 28.1. The molecule has 0 bridgehead atoms. The van der Waals surface area contributed by atoms with E-state index in [9.17, 15) is 14.0 Å². The molecule has 3 atom stereocenters. The summed E-state index contributed by atoms with van der Waals surface area (Å²) in [7, 11) is 0. The van der Waals surface area contributed by atoms with Gasteiger partial charge in [-0.25, -0.2) is 9.18 Å². The van der Waals surface area contributed by atoms with Crippen LogP contribution in [0.3, 0.4) is 0 Å². The van der Waals surface area contributed by atoms with Gasteiger partial charge in [0.15, 0.2) is 0 Å². The molecule has 3 amide bonds. The Morgan fingerprint density at radius 2 is 1.96 bits per heavy atom. The number of likely N-dealkylation sites (tertiary alicyclic amines) is 1. The molecule has 2 saturated heterocycles. The zero-order chi connectivity index (χ0) is 19.0. The summed E-state index contributed by atoms with van der Waals surface area (Å²) in [5.41, 5.74) is 0.742. The van der Waals surface area contributed by atoms with Crippen LogP contribution in [0.15, 0.2) is 54.6 Å². The molecule has 27 heavy (non-hydrogen) atoms. The molecule has 0 radical (unpaired) electrons. The molecule has 2 aromatic rings. The van der Waals surface area contributed by atoms with E-state index in [-0.39, 0.29) is 11.9 Å². The first-order chi connectivity index (χ1) is 13.0. The summed E-state index contributed by atoms with van der Waals surface area (Å²) in [6.07, 6.45) is 1.09. The highest BCUT2D eigenvalue weighted by Gasteiger charge is 2.57. The largest absolute Gasteiger partial charge is 0.329 e. The first-order valence-electron chi connectivity index (χ1n) is 9.29. The molecule has 2 heterocycles. The van der Waals surface area contributed by atoms with Crippen LogP contribution in [-0.4, -0.2) is 30.1 Å². The summed E-state index contributed by atoms with van der Waals surface area (Å²) in [5.74, 6) is -0.697. The number of anilines is 1. The van der Waals surface area contributed by atoms with Gasteiger partial charge in [-0.2, -0.15) is 0 Å². The highest BCUT2D eigenvalue weighted by Crippen LogP contribution is 2.36. The molecular formula is C21H23FN3O2+. The number of imide groups is 1. The van der Waals surface area contributed by atoms with Crippen molar-refractivity contribution in [3.63, 3.8) is 0 Å². The van der Waals surface area contributed by atoms with Crippen molar-refractivity contribution >= 4 is 17.6 Å². The second kappa shape index (κ2) is 6.78. The zero-order valence-electron chi connectivity index (χ0n) is 15.2. The summed E-state index contributed by atoms with van der Waals surface area (Å²) in [6, 6.07) is 15.9. The molecule has 2 aromatic carbocycles. The second-order valence-electron chi connectivity index (χ2n) is 7.53. The fourth-order valence-corrected chi connectivity index (χ4v) is 4.44. The normalized spacial score (nSPS) is 27.9. The third-order valence-electron chi connectivity index (χ3n) is 5.82. The first kappa shape index (κ1) is 17.7. The average Bonchev–Trinajstić information content (AvgIpc) is 2.88. The maximum atomic E-state index is 13.7. The molecule has 2 aliphatic heterocycles. The molecule has 6 heteroatoms. The molecule has 2 fully saturated rings. The van der Waals surface area contributed by atoms with E-state index in [4.69, 9.17) is 0 Å². The van der Waals surface area contributed by atoms with Crippen LogP contribution >= 0.6 is 0 Å². The topological polar surface area (TPSA) is 53.9 Å². The molecule has 5 nitrogen and oxygen atoms in total. The molecular weight excluding hydrogens is 345 g/mol. The van der Waals surface area contributed by atoms with Crippen molar-refractivity contribution in [2.45, 2.75) is 37.9 Å². The van der Waals surface area contributed by atoms with Gasteiger partial charge in [0.1, 0.15) is 17.9 Å². The number of benzene rings is 2. The number of urea groups is 1. The number of carbonyl (C=O) groups is 2. The maximum absolute atomic E-state index is 13.7. The van der Waals surface area contributed by atoms with Crippen LogP contribution < -0.4 is 15.1 Å². The maximum Gasteiger partial charge on any atom is 0.329 e. The molecule has 2 N–H and O–H groups in total. The van der Waals surface area contributed by atoms with Crippen molar-refractivity contribution < 1.29 is 18.9 Å². The molecule has 0 saturated carbocycles. The Bertz CT molecular complexity index is 873. The van der Waals surface area contributed by atoms with Gasteiger partial charge in [-0.15, -0.1) is 0 Å². The highest BCUT2D eigenvalue weighted by atomic mass is 19.1. The minimum Gasteiger partial charge on any atom is -0.329 e. The Balaban J connectivity index is 1.60. The molecule has 0 aromatic heterocycles. The van der Waals surface area contributed by atoms with Gasteiger partial charge < -0.3 is 4.90 Å². The monoisotopic (exact) mass is 368 g/mol. The van der Waals surface area contributed by atoms with Crippen LogP contribution in [0.2, 0.25) is 0 Å². The minimum atomic E-state index is -0.940. The van der Waals surface area contributed by atoms with E-state index in [0.29, 0.717) is 18.5 Å². The average molecular weight is 368 g/mol. The lowest BCUT2D eigenvalue weighted by Gasteiger charge is -2.43. The first-order valence-corrected chi connectivity index (χ1v) is 9.29. The van der Waals surface area contributed by atoms with Crippen molar-refractivity contribution in [3.05, 3.63) is 66.0 Å². The van der Waals surface area contributed by atoms with E-state index < -0.39 is 17.4 Å². The summed E-state index contributed by atoms with van der Waals surface area (Å²) in [5, 5.41) is 2.45. The lowest BCUT2D eigenvalue weighted by Crippen LogP contribution is -3.16. The smallest absolute Gasteiger partial charge is 0.329 e. The number of piperidine rings is 1. The van der Waals surface area contributed by atoms with E-state index in [0.717, 1.165) is 13.1 Å². The molecule has 2 aliphatic rings. The van der Waals surface area contributed by atoms with Gasteiger partial charge >= 0.3 is 6.03 Å². The van der Waals surface area contributed by atoms with Gasteiger partial charge in [-0.05, 0) is 25.1 Å². The number of carbonyl (C=O) groups excluding carboxylic acids is 2. The quantitative estimate of drug-likeness (QED) is 0.813. The van der Waals surface area contributed by atoms with Crippen LogP contribution in [0.25, 0.3) is 0 Å². The number of rotatable bonds is 3. The second-order valence-corrected chi connectivity index (χ2v) is 7.53. The van der Waals surface area contributed by atoms with Gasteiger partial charge in [0.05, 0.1) is 12.6 Å². The third-order valence-corrected chi connectivity index (χ3v) is 5.82. The molecule has 4 rings (SSSR count). The fraction of sp³-hybridized carbons (Fsp3) is 0.333. The highest BCUT2D eigenvalue weighted by molar-refractivity contribution is 6.17. The summed E-state index contributed by atoms with van der Waals surface area (Å²) in [6.45, 7) is 3.76. The zero-order valence-corrected chi connectivity index (χ0v) is 15.2. The Labute approximate surface area is 157 Å². The number of quaternary nitrogens is 1. The van der Waals surface area contributed by atoms with Gasteiger partial charge in [0.2, 0.25) is 0 Å². The number of amides is 3. The number of hydrogen-bond acceptors (Lipinski definition) is 2. The van der Waals surface area contributed by atoms with E-state index in [1.165, 1.54) is 27.5 Å². The van der Waals surface area contributed by atoms with Gasteiger partial charge in [-0.1, -0.05) is 36.4 Å². The number of nitrogens with one attached hydrogen (secondary N) is 2. The van der Waals surface area contributed by atoms with Crippen LogP contribution in [0, 0.1) is 5.82 Å². The van der Waals surface area contributed by atoms with Crippen LogP contribution in [-0.2, 0) is 11.3 Å². The van der Waals surface area contributed by atoms with E-state index in [1.54, 1.807) is 12.1 Å². The van der Waals surface area contributed by atoms with Gasteiger partial charge in [0.25, 0.3) is 5.91 Å². The summed E-state index contributed by atoms with van der Waals surface area (Å²) < 4.78 is 13.7. The van der Waals surface area contributed by atoms with E-state index in [2.05, 4.69) is 24.4 Å². The standard InChI is InChI=1S/C21H22FN3O2/c1-15-13-21(10-11-24(15)14-16-6-3-2-4-7-16)19(26)23-20(27)25(21)18-9-5-8-17(22)12-18/h2-9,12,15H,10-11,13-14H2,1H3,(H,23,26,27)/p+1/t15-,21+/m0/s1. The number of nitrogens with zero attached hydrogens (tertiary/aromatic N) is 1. The van der Waals surface area contributed by atoms with Crippen molar-refractivity contribution in [1.82, 2.24) is 5.32 Å². The van der Waals surface area contributed by atoms with E-state index in [1.807, 2.05) is 18.2 Å². The Morgan fingerprint density at radius 1 is 1.19 bits per heavy atom. The lowest BCUT2D eigenvalue weighted by molar-refractivity contribution is -0.942.